The number of hydrogen-bond acceptors (Lipinski definition) is 4. The van der Waals surface area contributed by atoms with Gasteiger partial charge in [0, 0.05) is 12.2 Å². The van der Waals surface area contributed by atoms with E-state index >= 15 is 0 Å². The lowest BCUT2D eigenvalue weighted by Gasteiger charge is -2.10. The summed E-state index contributed by atoms with van der Waals surface area (Å²) in [5, 5.41) is 7.28. The molecule has 0 saturated heterocycles. The van der Waals surface area contributed by atoms with E-state index in [-0.39, 0.29) is 12.3 Å². The van der Waals surface area contributed by atoms with Crippen molar-refractivity contribution in [2.45, 2.75) is 32.5 Å². The van der Waals surface area contributed by atoms with Gasteiger partial charge in [-0.1, -0.05) is 0 Å². The topological polar surface area (TPSA) is 56.1 Å². The van der Waals surface area contributed by atoms with Gasteiger partial charge in [-0.3, -0.25) is 4.68 Å². The Hall–Kier alpha value is -2.51. The maximum Gasteiger partial charge on any atom is 0.416 e. The standard InChI is InChI=1S/C16H16F3N3O2/c1-2-24-15(23)14-13(12-4-3-9-22(12)21-14)20-11-7-5-10(6-8-11)16(17,18)19/h5-8,20H,2-4,9H2,1H3. The molecule has 1 aromatic carbocycles. The zero-order valence-corrected chi connectivity index (χ0v) is 13.0. The van der Waals surface area contributed by atoms with Crippen LogP contribution < -0.4 is 5.32 Å². The molecule has 0 fully saturated rings. The number of rotatable bonds is 4. The fourth-order valence-corrected chi connectivity index (χ4v) is 2.69. The summed E-state index contributed by atoms with van der Waals surface area (Å²) < 4.78 is 44.6. The first-order valence-electron chi connectivity index (χ1n) is 7.61. The fraction of sp³-hybridized carbons (Fsp3) is 0.375. The van der Waals surface area contributed by atoms with Gasteiger partial charge in [0.05, 0.1) is 23.6 Å². The molecule has 2 heterocycles. The van der Waals surface area contributed by atoms with E-state index in [1.54, 1.807) is 11.6 Å². The van der Waals surface area contributed by atoms with E-state index in [9.17, 15) is 18.0 Å². The van der Waals surface area contributed by atoms with Crippen molar-refractivity contribution in [2.24, 2.45) is 0 Å². The average molecular weight is 339 g/mol. The summed E-state index contributed by atoms with van der Waals surface area (Å²) in [6.45, 7) is 2.63. The monoisotopic (exact) mass is 339 g/mol. The number of aryl methyl sites for hydroxylation is 1. The minimum atomic E-state index is -4.38. The largest absolute Gasteiger partial charge is 0.461 e. The van der Waals surface area contributed by atoms with Gasteiger partial charge in [-0.15, -0.1) is 0 Å². The highest BCUT2D eigenvalue weighted by Gasteiger charge is 2.30. The first kappa shape index (κ1) is 16.4. The van der Waals surface area contributed by atoms with Crippen LogP contribution in [0.2, 0.25) is 0 Å². The molecule has 5 nitrogen and oxygen atoms in total. The maximum absolute atomic E-state index is 12.6. The van der Waals surface area contributed by atoms with E-state index in [1.165, 1.54) is 12.1 Å². The highest BCUT2D eigenvalue weighted by Crippen LogP contribution is 2.33. The van der Waals surface area contributed by atoms with E-state index in [4.69, 9.17) is 4.74 Å². The van der Waals surface area contributed by atoms with Crippen LogP contribution in [0.1, 0.15) is 35.1 Å². The molecule has 1 N–H and O–H groups in total. The normalized spacial score (nSPS) is 13.7. The first-order valence-corrected chi connectivity index (χ1v) is 7.61. The molecule has 24 heavy (non-hydrogen) atoms. The van der Waals surface area contributed by atoms with Crippen LogP contribution in [0, 0.1) is 0 Å². The molecule has 0 radical (unpaired) electrons. The zero-order valence-electron chi connectivity index (χ0n) is 13.0. The maximum atomic E-state index is 12.6. The SMILES string of the molecule is CCOC(=O)c1nn2c(c1Nc1ccc(C(F)(F)F)cc1)CCC2. The van der Waals surface area contributed by atoms with Gasteiger partial charge in [0.15, 0.2) is 5.69 Å². The number of fused-ring (bicyclic) bond motifs is 1. The summed E-state index contributed by atoms with van der Waals surface area (Å²) >= 11 is 0. The highest BCUT2D eigenvalue weighted by atomic mass is 19.4. The minimum Gasteiger partial charge on any atom is -0.461 e. The fourth-order valence-electron chi connectivity index (χ4n) is 2.69. The van der Waals surface area contributed by atoms with Crippen molar-refractivity contribution in [3.8, 4) is 0 Å². The molecule has 1 aliphatic rings. The molecule has 0 amide bonds. The van der Waals surface area contributed by atoms with E-state index in [1.807, 2.05) is 0 Å². The molecule has 1 aromatic heterocycles. The molecule has 0 aliphatic carbocycles. The predicted octanol–water partition coefficient (Wildman–Crippen LogP) is 3.77. The molecule has 0 spiro atoms. The Morgan fingerprint density at radius 3 is 2.67 bits per heavy atom. The average Bonchev–Trinajstić information content (AvgIpc) is 3.10. The summed E-state index contributed by atoms with van der Waals surface area (Å²) in [6, 6.07) is 4.65. The number of alkyl halides is 3. The van der Waals surface area contributed by atoms with Crippen LogP contribution in [0.25, 0.3) is 0 Å². The Morgan fingerprint density at radius 1 is 1.33 bits per heavy atom. The van der Waals surface area contributed by atoms with Crippen molar-refractivity contribution < 1.29 is 22.7 Å². The second-order valence-corrected chi connectivity index (χ2v) is 5.42. The second-order valence-electron chi connectivity index (χ2n) is 5.42. The van der Waals surface area contributed by atoms with Crippen molar-refractivity contribution in [1.29, 1.82) is 0 Å². The molecular formula is C16H16F3N3O2. The van der Waals surface area contributed by atoms with Crippen molar-refractivity contribution in [2.75, 3.05) is 11.9 Å². The van der Waals surface area contributed by atoms with Gasteiger partial charge < -0.3 is 10.1 Å². The van der Waals surface area contributed by atoms with Gasteiger partial charge in [-0.05, 0) is 44.0 Å². The molecule has 1 aliphatic heterocycles. The molecule has 0 atom stereocenters. The van der Waals surface area contributed by atoms with E-state index in [2.05, 4.69) is 10.4 Å². The quantitative estimate of drug-likeness (QED) is 0.862. The van der Waals surface area contributed by atoms with Gasteiger partial charge in [0.1, 0.15) is 0 Å². The second kappa shape index (κ2) is 6.18. The predicted molar refractivity (Wildman–Crippen MR) is 81.2 cm³/mol. The summed E-state index contributed by atoms with van der Waals surface area (Å²) in [6.07, 6.45) is -2.73. The van der Waals surface area contributed by atoms with Crippen LogP contribution in [0.4, 0.5) is 24.5 Å². The summed E-state index contributed by atoms with van der Waals surface area (Å²) in [7, 11) is 0. The van der Waals surface area contributed by atoms with E-state index in [0.29, 0.717) is 17.9 Å². The number of nitrogens with one attached hydrogen (secondary N) is 1. The zero-order chi connectivity index (χ0) is 17.3. The van der Waals surface area contributed by atoms with Crippen LogP contribution in [-0.2, 0) is 23.9 Å². The minimum absolute atomic E-state index is 0.159. The van der Waals surface area contributed by atoms with Crippen LogP contribution in [0.15, 0.2) is 24.3 Å². The van der Waals surface area contributed by atoms with Crippen LogP contribution in [0.5, 0.6) is 0 Å². The molecule has 8 heteroatoms. The third-order valence-electron chi connectivity index (χ3n) is 3.79. The third kappa shape index (κ3) is 3.08. The lowest BCUT2D eigenvalue weighted by molar-refractivity contribution is -0.137. The van der Waals surface area contributed by atoms with Gasteiger partial charge in [0.25, 0.3) is 0 Å². The Labute approximate surface area is 136 Å². The van der Waals surface area contributed by atoms with Crippen molar-refractivity contribution >= 4 is 17.3 Å². The Morgan fingerprint density at radius 2 is 2.04 bits per heavy atom. The number of esters is 1. The molecule has 3 rings (SSSR count). The smallest absolute Gasteiger partial charge is 0.416 e. The van der Waals surface area contributed by atoms with Gasteiger partial charge in [-0.2, -0.15) is 18.3 Å². The Bertz CT molecular complexity index is 751. The van der Waals surface area contributed by atoms with E-state index in [0.717, 1.165) is 30.7 Å². The van der Waals surface area contributed by atoms with Crippen LogP contribution >= 0.6 is 0 Å². The van der Waals surface area contributed by atoms with Gasteiger partial charge >= 0.3 is 12.1 Å². The number of carbonyl (C=O) groups excluding carboxylic acids is 1. The van der Waals surface area contributed by atoms with E-state index < -0.39 is 17.7 Å². The number of benzene rings is 1. The van der Waals surface area contributed by atoms with Crippen molar-refractivity contribution in [3.63, 3.8) is 0 Å². The number of hydrogen-bond donors (Lipinski definition) is 1. The molecule has 0 bridgehead atoms. The number of carbonyl (C=O) groups is 1. The van der Waals surface area contributed by atoms with Crippen LogP contribution in [0.3, 0.4) is 0 Å². The number of nitrogens with zero attached hydrogens (tertiary/aromatic N) is 2. The highest BCUT2D eigenvalue weighted by molar-refractivity contribution is 5.95. The lowest BCUT2D eigenvalue weighted by Crippen LogP contribution is -2.09. The number of anilines is 2. The Balaban J connectivity index is 1.90. The molecule has 0 saturated carbocycles. The summed E-state index contributed by atoms with van der Waals surface area (Å²) in [5.41, 5.74) is 1.25. The molecule has 2 aromatic rings. The lowest BCUT2D eigenvalue weighted by atomic mass is 10.1. The molecule has 0 unspecified atom stereocenters. The third-order valence-corrected chi connectivity index (χ3v) is 3.79. The number of aromatic nitrogens is 2. The summed E-state index contributed by atoms with van der Waals surface area (Å²) in [4.78, 5) is 12.1. The molecular weight excluding hydrogens is 323 g/mol. The summed E-state index contributed by atoms with van der Waals surface area (Å²) in [5.74, 6) is -0.547. The van der Waals surface area contributed by atoms with Crippen molar-refractivity contribution in [3.05, 3.63) is 41.2 Å². The number of halogens is 3. The number of ether oxygens (including phenoxy) is 1. The Kier molecular flexibility index (Phi) is 4.21. The molecule has 128 valence electrons. The van der Waals surface area contributed by atoms with Crippen molar-refractivity contribution in [1.82, 2.24) is 9.78 Å². The first-order chi connectivity index (χ1) is 11.4. The van der Waals surface area contributed by atoms with Gasteiger partial charge in [0.2, 0.25) is 0 Å². The van der Waals surface area contributed by atoms with Gasteiger partial charge in [-0.25, -0.2) is 4.79 Å². The van der Waals surface area contributed by atoms with Crippen LogP contribution in [-0.4, -0.2) is 22.4 Å².